The molecule has 1 amide bonds. The van der Waals surface area contributed by atoms with E-state index in [1.165, 1.54) is 6.07 Å². The number of para-hydroxylation sites is 1. The summed E-state index contributed by atoms with van der Waals surface area (Å²) in [6.07, 6.45) is 0. The maximum Gasteiger partial charge on any atom is 0.251 e. The smallest absolute Gasteiger partial charge is 0.251 e. The summed E-state index contributed by atoms with van der Waals surface area (Å²) in [6.45, 7) is 4.45. The van der Waals surface area contributed by atoms with Crippen molar-refractivity contribution in [2.45, 2.75) is 0 Å². The Bertz CT molecular complexity index is 759. The minimum Gasteiger partial charge on any atom is -0.367 e. The molecule has 1 aliphatic heterocycles. The molecule has 1 N–H and O–H groups in total. The average molecular weight is 396 g/mol. The molecule has 0 aliphatic carbocycles. The number of halogens is 3. The molecule has 0 radical (unpaired) electrons. The Labute approximate surface area is 162 Å². The standard InChI is InChI=1S/C19H20Cl2FN3O/c20-15-11-14(12-16(21)13-15)19(26)23-5-6-24-7-9-25(10-8-24)18-4-2-1-3-17(18)22/h1-4,11-13H,5-10H2,(H,23,26). The van der Waals surface area contributed by atoms with E-state index >= 15 is 0 Å². The van der Waals surface area contributed by atoms with E-state index in [2.05, 4.69) is 15.1 Å². The summed E-state index contributed by atoms with van der Waals surface area (Å²) in [5.41, 5.74) is 1.10. The van der Waals surface area contributed by atoms with Crippen molar-refractivity contribution in [1.82, 2.24) is 10.2 Å². The fraction of sp³-hybridized carbons (Fsp3) is 0.316. The molecular formula is C19H20Cl2FN3O. The van der Waals surface area contributed by atoms with E-state index < -0.39 is 0 Å². The fourth-order valence-electron chi connectivity index (χ4n) is 3.04. The second-order valence-electron chi connectivity index (χ2n) is 6.19. The van der Waals surface area contributed by atoms with Gasteiger partial charge in [0.2, 0.25) is 0 Å². The van der Waals surface area contributed by atoms with Gasteiger partial charge in [-0.2, -0.15) is 0 Å². The molecule has 26 heavy (non-hydrogen) atoms. The topological polar surface area (TPSA) is 35.6 Å². The van der Waals surface area contributed by atoms with Gasteiger partial charge in [-0.25, -0.2) is 4.39 Å². The third-order valence-corrected chi connectivity index (χ3v) is 4.84. The van der Waals surface area contributed by atoms with Gasteiger partial charge in [-0.15, -0.1) is 0 Å². The van der Waals surface area contributed by atoms with E-state index in [-0.39, 0.29) is 11.7 Å². The average Bonchev–Trinajstić information content (AvgIpc) is 2.62. The molecule has 0 unspecified atom stereocenters. The minimum atomic E-state index is -0.195. The third kappa shape index (κ3) is 4.87. The molecule has 4 nitrogen and oxygen atoms in total. The van der Waals surface area contributed by atoms with Crippen LogP contribution in [-0.4, -0.2) is 50.1 Å². The second-order valence-corrected chi connectivity index (χ2v) is 7.07. The molecule has 2 aromatic rings. The van der Waals surface area contributed by atoms with Gasteiger partial charge in [0.25, 0.3) is 5.91 Å². The largest absolute Gasteiger partial charge is 0.367 e. The fourth-order valence-corrected chi connectivity index (χ4v) is 3.56. The van der Waals surface area contributed by atoms with Gasteiger partial charge in [0.15, 0.2) is 0 Å². The SMILES string of the molecule is O=C(NCCN1CCN(c2ccccc2F)CC1)c1cc(Cl)cc(Cl)c1. The summed E-state index contributed by atoms with van der Waals surface area (Å²) in [5, 5.41) is 3.76. The summed E-state index contributed by atoms with van der Waals surface area (Å²) < 4.78 is 13.9. The van der Waals surface area contributed by atoms with Crippen molar-refractivity contribution in [3.05, 3.63) is 63.9 Å². The Balaban J connectivity index is 1.44. The number of benzene rings is 2. The third-order valence-electron chi connectivity index (χ3n) is 4.40. The highest BCUT2D eigenvalue weighted by molar-refractivity contribution is 6.35. The maximum atomic E-state index is 13.9. The summed E-state index contributed by atoms with van der Waals surface area (Å²) in [7, 11) is 0. The van der Waals surface area contributed by atoms with Gasteiger partial charge in [-0.1, -0.05) is 35.3 Å². The van der Waals surface area contributed by atoms with E-state index in [0.717, 1.165) is 32.7 Å². The molecule has 1 saturated heterocycles. The Kier molecular flexibility index (Phi) is 6.35. The molecule has 3 rings (SSSR count). The van der Waals surface area contributed by atoms with Gasteiger partial charge in [-0.05, 0) is 30.3 Å². The molecule has 0 spiro atoms. The highest BCUT2D eigenvalue weighted by atomic mass is 35.5. The molecule has 0 aromatic heterocycles. The molecule has 2 aromatic carbocycles. The van der Waals surface area contributed by atoms with Gasteiger partial charge in [0.05, 0.1) is 5.69 Å². The Hall–Kier alpha value is -1.82. The van der Waals surface area contributed by atoms with E-state index in [1.807, 2.05) is 6.07 Å². The molecule has 1 fully saturated rings. The number of nitrogens with one attached hydrogen (secondary N) is 1. The molecule has 1 aliphatic rings. The highest BCUT2D eigenvalue weighted by Gasteiger charge is 2.19. The van der Waals surface area contributed by atoms with Crippen LogP contribution in [0.5, 0.6) is 0 Å². The van der Waals surface area contributed by atoms with E-state index in [1.54, 1.807) is 30.3 Å². The van der Waals surface area contributed by atoms with Crippen LogP contribution in [0.1, 0.15) is 10.4 Å². The summed E-state index contributed by atoms with van der Waals surface area (Å²) in [4.78, 5) is 16.5. The molecule has 0 bridgehead atoms. The second kappa shape index (κ2) is 8.71. The number of rotatable bonds is 5. The summed E-state index contributed by atoms with van der Waals surface area (Å²) in [5.74, 6) is -0.382. The minimum absolute atomic E-state index is 0.187. The number of hydrogen-bond donors (Lipinski definition) is 1. The predicted molar refractivity (Wildman–Crippen MR) is 104 cm³/mol. The quantitative estimate of drug-likeness (QED) is 0.838. The molecule has 0 saturated carbocycles. The number of piperazine rings is 1. The number of anilines is 1. The first-order chi connectivity index (χ1) is 12.5. The first-order valence-corrected chi connectivity index (χ1v) is 9.24. The first-order valence-electron chi connectivity index (χ1n) is 8.49. The van der Waals surface area contributed by atoms with Gasteiger partial charge >= 0.3 is 0 Å². The van der Waals surface area contributed by atoms with E-state index in [9.17, 15) is 9.18 Å². The van der Waals surface area contributed by atoms with Crippen LogP contribution >= 0.6 is 23.2 Å². The number of hydrogen-bond acceptors (Lipinski definition) is 3. The molecule has 138 valence electrons. The van der Waals surface area contributed by atoms with Crippen LogP contribution in [0.4, 0.5) is 10.1 Å². The lowest BCUT2D eigenvalue weighted by Crippen LogP contribution is -2.48. The van der Waals surface area contributed by atoms with E-state index in [4.69, 9.17) is 23.2 Å². The Morgan fingerprint density at radius 3 is 2.35 bits per heavy atom. The maximum absolute atomic E-state index is 13.9. The van der Waals surface area contributed by atoms with Crippen molar-refractivity contribution >= 4 is 34.8 Å². The lowest BCUT2D eigenvalue weighted by Gasteiger charge is -2.36. The van der Waals surface area contributed by atoms with Crippen molar-refractivity contribution in [1.29, 1.82) is 0 Å². The summed E-state index contributed by atoms with van der Waals surface area (Å²) >= 11 is 11.8. The predicted octanol–water partition coefficient (Wildman–Crippen LogP) is 3.68. The lowest BCUT2D eigenvalue weighted by atomic mass is 10.2. The number of nitrogens with zero attached hydrogens (tertiary/aromatic N) is 2. The van der Waals surface area contributed by atoms with Gasteiger partial charge in [0.1, 0.15) is 5.82 Å². The lowest BCUT2D eigenvalue weighted by molar-refractivity contribution is 0.0947. The van der Waals surface area contributed by atoms with Crippen molar-refractivity contribution in [2.75, 3.05) is 44.2 Å². The van der Waals surface area contributed by atoms with Crippen molar-refractivity contribution in [3.63, 3.8) is 0 Å². The van der Waals surface area contributed by atoms with Crippen LogP contribution in [-0.2, 0) is 0 Å². The highest BCUT2D eigenvalue weighted by Crippen LogP contribution is 2.20. The number of amides is 1. The van der Waals surface area contributed by atoms with Gasteiger partial charge < -0.3 is 10.2 Å². The Morgan fingerprint density at radius 1 is 1.04 bits per heavy atom. The normalized spacial score (nSPS) is 15.1. The molecular weight excluding hydrogens is 376 g/mol. The zero-order valence-electron chi connectivity index (χ0n) is 14.2. The Morgan fingerprint density at radius 2 is 1.69 bits per heavy atom. The van der Waals surface area contributed by atoms with Crippen LogP contribution in [0.3, 0.4) is 0 Å². The molecule has 0 atom stereocenters. The van der Waals surface area contributed by atoms with Crippen LogP contribution in [0.2, 0.25) is 10.0 Å². The first kappa shape index (κ1) is 19.0. The monoisotopic (exact) mass is 395 g/mol. The van der Waals surface area contributed by atoms with E-state index in [0.29, 0.717) is 27.8 Å². The summed E-state index contributed by atoms with van der Waals surface area (Å²) in [6, 6.07) is 11.6. The zero-order chi connectivity index (χ0) is 18.5. The van der Waals surface area contributed by atoms with Gasteiger partial charge in [-0.3, -0.25) is 9.69 Å². The van der Waals surface area contributed by atoms with Crippen LogP contribution in [0, 0.1) is 5.82 Å². The van der Waals surface area contributed by atoms with Crippen LogP contribution < -0.4 is 10.2 Å². The van der Waals surface area contributed by atoms with Crippen LogP contribution in [0.15, 0.2) is 42.5 Å². The molecule has 1 heterocycles. The van der Waals surface area contributed by atoms with Crippen molar-refractivity contribution < 1.29 is 9.18 Å². The zero-order valence-corrected chi connectivity index (χ0v) is 15.7. The number of carbonyl (C=O) groups is 1. The van der Waals surface area contributed by atoms with Crippen molar-refractivity contribution in [3.8, 4) is 0 Å². The van der Waals surface area contributed by atoms with Crippen LogP contribution in [0.25, 0.3) is 0 Å². The van der Waals surface area contributed by atoms with Gasteiger partial charge in [0, 0.05) is 54.9 Å². The number of carbonyl (C=O) groups excluding carboxylic acids is 1. The molecule has 7 heteroatoms. The van der Waals surface area contributed by atoms with Crippen molar-refractivity contribution in [2.24, 2.45) is 0 Å².